The number of rotatable bonds is 5. The van der Waals surface area contributed by atoms with Crippen molar-refractivity contribution in [2.75, 3.05) is 18.4 Å². The standard InChI is InChI=1S/C15H18ClF3N2OS2/c1-4-21(5-2)14(23)24-9(3)13(22)20-12-8-10(15(17,18)19)6-7-11(12)16/h6-9H,4-5H2,1-3H3,(H,20,22)/t9-/m1/s1. The van der Waals surface area contributed by atoms with Gasteiger partial charge in [-0.15, -0.1) is 0 Å². The van der Waals surface area contributed by atoms with Gasteiger partial charge >= 0.3 is 6.18 Å². The van der Waals surface area contributed by atoms with Crippen molar-refractivity contribution in [3.05, 3.63) is 28.8 Å². The molecule has 1 N–H and O–H groups in total. The van der Waals surface area contributed by atoms with Gasteiger partial charge in [-0.3, -0.25) is 4.79 Å². The molecule has 3 nitrogen and oxygen atoms in total. The number of hydrogen-bond donors (Lipinski definition) is 1. The zero-order valence-electron chi connectivity index (χ0n) is 13.4. The first-order chi connectivity index (χ1) is 11.1. The summed E-state index contributed by atoms with van der Waals surface area (Å²) in [7, 11) is 0. The number of nitrogens with zero attached hydrogens (tertiary/aromatic N) is 1. The molecule has 0 saturated heterocycles. The molecule has 1 aromatic rings. The van der Waals surface area contributed by atoms with Crippen LogP contribution in [0.3, 0.4) is 0 Å². The molecule has 1 aromatic carbocycles. The van der Waals surface area contributed by atoms with Crippen LogP contribution in [0.5, 0.6) is 0 Å². The van der Waals surface area contributed by atoms with Crippen LogP contribution in [0, 0.1) is 0 Å². The molecule has 1 rings (SSSR count). The maximum atomic E-state index is 12.8. The molecule has 0 aromatic heterocycles. The van der Waals surface area contributed by atoms with E-state index in [1.165, 1.54) is 11.8 Å². The Kier molecular flexibility index (Phi) is 7.82. The fourth-order valence-corrected chi connectivity index (χ4v) is 3.52. The summed E-state index contributed by atoms with van der Waals surface area (Å²) in [6.07, 6.45) is -4.51. The number of amides is 1. The summed E-state index contributed by atoms with van der Waals surface area (Å²) in [5, 5.41) is 1.91. The van der Waals surface area contributed by atoms with E-state index in [1.807, 2.05) is 18.7 Å². The second-order valence-electron chi connectivity index (χ2n) is 4.88. The molecule has 0 aliphatic carbocycles. The minimum absolute atomic E-state index is 0.0415. The molecule has 1 atom stereocenters. The number of carbonyl (C=O) groups is 1. The molecule has 134 valence electrons. The summed E-state index contributed by atoms with van der Waals surface area (Å²) in [4.78, 5) is 14.1. The van der Waals surface area contributed by atoms with Gasteiger partial charge in [-0.2, -0.15) is 13.2 Å². The van der Waals surface area contributed by atoms with E-state index in [0.29, 0.717) is 4.32 Å². The van der Waals surface area contributed by atoms with Crippen LogP contribution < -0.4 is 5.32 Å². The Bertz CT molecular complexity index is 607. The molecule has 0 spiro atoms. The third kappa shape index (κ3) is 5.82. The zero-order chi connectivity index (χ0) is 18.5. The van der Waals surface area contributed by atoms with Gasteiger partial charge in [-0.25, -0.2) is 0 Å². The Balaban J connectivity index is 2.82. The Morgan fingerprint density at radius 1 is 1.38 bits per heavy atom. The summed E-state index contributed by atoms with van der Waals surface area (Å²) in [5.74, 6) is -0.462. The van der Waals surface area contributed by atoms with Crippen LogP contribution in [-0.4, -0.2) is 33.5 Å². The molecule has 0 saturated carbocycles. The third-order valence-electron chi connectivity index (χ3n) is 3.22. The van der Waals surface area contributed by atoms with E-state index in [4.69, 9.17) is 23.8 Å². The quantitative estimate of drug-likeness (QED) is 0.704. The number of anilines is 1. The number of thioether (sulfide) groups is 1. The van der Waals surface area contributed by atoms with Gasteiger partial charge in [0.25, 0.3) is 0 Å². The fraction of sp³-hybridized carbons (Fsp3) is 0.467. The van der Waals surface area contributed by atoms with Gasteiger partial charge in [-0.05, 0) is 39.0 Å². The predicted molar refractivity (Wildman–Crippen MR) is 97.7 cm³/mol. The van der Waals surface area contributed by atoms with E-state index >= 15 is 0 Å². The second kappa shape index (κ2) is 8.92. The highest BCUT2D eigenvalue weighted by Crippen LogP contribution is 2.34. The third-order valence-corrected chi connectivity index (χ3v) is 5.12. The molecule has 0 heterocycles. The van der Waals surface area contributed by atoms with Gasteiger partial charge < -0.3 is 10.2 Å². The first kappa shape index (κ1) is 21.1. The van der Waals surface area contributed by atoms with Crippen LogP contribution in [0.2, 0.25) is 5.02 Å². The van der Waals surface area contributed by atoms with Crippen molar-refractivity contribution < 1.29 is 18.0 Å². The van der Waals surface area contributed by atoms with Gasteiger partial charge in [0, 0.05) is 13.1 Å². The fourth-order valence-electron chi connectivity index (χ4n) is 1.79. The number of hydrogen-bond acceptors (Lipinski definition) is 3. The minimum atomic E-state index is -4.51. The second-order valence-corrected chi connectivity index (χ2v) is 7.26. The molecule has 1 amide bonds. The van der Waals surface area contributed by atoms with Crippen molar-refractivity contribution >= 4 is 51.5 Å². The van der Waals surface area contributed by atoms with E-state index in [-0.39, 0.29) is 10.7 Å². The lowest BCUT2D eigenvalue weighted by Gasteiger charge is -2.23. The summed E-state index contributed by atoms with van der Waals surface area (Å²) in [6.45, 7) is 6.97. The van der Waals surface area contributed by atoms with Gasteiger partial charge in [0.15, 0.2) is 0 Å². The highest BCUT2D eigenvalue weighted by Gasteiger charge is 2.31. The molecule has 0 aliphatic heterocycles. The summed E-state index contributed by atoms with van der Waals surface area (Å²) >= 11 is 12.3. The molecule has 0 fully saturated rings. The van der Waals surface area contributed by atoms with Crippen LogP contribution in [0.25, 0.3) is 0 Å². The maximum absolute atomic E-state index is 12.8. The van der Waals surface area contributed by atoms with Crippen molar-refractivity contribution in [1.29, 1.82) is 0 Å². The number of carbonyl (C=O) groups excluding carboxylic acids is 1. The van der Waals surface area contributed by atoms with Crippen molar-refractivity contribution in [1.82, 2.24) is 4.90 Å². The lowest BCUT2D eigenvalue weighted by molar-refractivity contribution is -0.137. The molecular formula is C15H18ClF3N2OS2. The summed E-state index contributed by atoms with van der Waals surface area (Å²) in [6, 6.07) is 2.80. The number of halogens is 4. The molecule has 0 aliphatic rings. The zero-order valence-corrected chi connectivity index (χ0v) is 15.8. The average Bonchev–Trinajstić information content (AvgIpc) is 2.49. The first-order valence-corrected chi connectivity index (χ1v) is 8.89. The maximum Gasteiger partial charge on any atom is 0.416 e. The summed E-state index contributed by atoms with van der Waals surface area (Å²) in [5.41, 5.74) is -0.945. The highest BCUT2D eigenvalue weighted by atomic mass is 35.5. The Morgan fingerprint density at radius 3 is 2.46 bits per heavy atom. The lowest BCUT2D eigenvalue weighted by atomic mass is 10.2. The number of benzene rings is 1. The van der Waals surface area contributed by atoms with E-state index < -0.39 is 22.9 Å². The molecule has 0 unspecified atom stereocenters. The Hall–Kier alpha value is -0.990. The predicted octanol–water partition coefficient (Wildman–Crippen LogP) is 5.05. The van der Waals surface area contributed by atoms with Crippen molar-refractivity contribution in [2.24, 2.45) is 0 Å². The number of nitrogens with one attached hydrogen (secondary N) is 1. The first-order valence-electron chi connectivity index (χ1n) is 7.23. The molecule has 0 bridgehead atoms. The SMILES string of the molecule is CCN(CC)C(=S)S[C@H](C)C(=O)Nc1cc(C(F)(F)F)ccc1Cl. The van der Waals surface area contributed by atoms with Crippen molar-refractivity contribution in [3.63, 3.8) is 0 Å². The minimum Gasteiger partial charge on any atom is -0.358 e. The molecule has 24 heavy (non-hydrogen) atoms. The van der Waals surface area contributed by atoms with E-state index in [1.54, 1.807) is 6.92 Å². The monoisotopic (exact) mass is 398 g/mol. The highest BCUT2D eigenvalue weighted by molar-refractivity contribution is 8.23. The van der Waals surface area contributed by atoms with E-state index in [9.17, 15) is 18.0 Å². The molecule has 9 heteroatoms. The summed E-state index contributed by atoms with van der Waals surface area (Å²) < 4.78 is 38.8. The van der Waals surface area contributed by atoms with E-state index in [0.717, 1.165) is 31.3 Å². The van der Waals surface area contributed by atoms with Crippen LogP contribution >= 0.6 is 35.6 Å². The van der Waals surface area contributed by atoms with Gasteiger partial charge in [-0.1, -0.05) is 35.6 Å². The molecular weight excluding hydrogens is 381 g/mol. The average molecular weight is 399 g/mol. The largest absolute Gasteiger partial charge is 0.416 e. The Morgan fingerprint density at radius 2 is 1.96 bits per heavy atom. The van der Waals surface area contributed by atoms with E-state index in [2.05, 4.69) is 5.32 Å². The van der Waals surface area contributed by atoms with Crippen LogP contribution in [-0.2, 0) is 11.0 Å². The van der Waals surface area contributed by atoms with Crippen LogP contribution in [0.4, 0.5) is 18.9 Å². The van der Waals surface area contributed by atoms with Crippen molar-refractivity contribution in [3.8, 4) is 0 Å². The topological polar surface area (TPSA) is 32.3 Å². The smallest absolute Gasteiger partial charge is 0.358 e. The molecule has 0 radical (unpaired) electrons. The number of thiocarbonyl (C=S) groups is 1. The van der Waals surface area contributed by atoms with Gasteiger partial charge in [0.1, 0.15) is 4.32 Å². The lowest BCUT2D eigenvalue weighted by Crippen LogP contribution is -2.31. The van der Waals surface area contributed by atoms with Gasteiger partial charge in [0.05, 0.1) is 21.5 Å². The van der Waals surface area contributed by atoms with Gasteiger partial charge in [0.2, 0.25) is 5.91 Å². The Labute approximate surface area is 153 Å². The number of alkyl halides is 3. The van der Waals surface area contributed by atoms with Crippen molar-refractivity contribution in [2.45, 2.75) is 32.2 Å². The normalized spacial score (nSPS) is 12.6. The van der Waals surface area contributed by atoms with Crippen LogP contribution in [0.15, 0.2) is 18.2 Å². The van der Waals surface area contributed by atoms with Crippen LogP contribution in [0.1, 0.15) is 26.3 Å².